The molecule has 0 aromatic carbocycles. The number of dihydropyridines is 1. The van der Waals surface area contributed by atoms with Gasteiger partial charge in [-0.2, -0.15) is 18.4 Å². The van der Waals surface area contributed by atoms with E-state index in [2.05, 4.69) is 0 Å². The lowest BCUT2D eigenvalue weighted by molar-refractivity contribution is -0.420. The van der Waals surface area contributed by atoms with Gasteiger partial charge >= 0.3 is 6.18 Å². The fourth-order valence-electron chi connectivity index (χ4n) is 1.00. The fraction of sp³-hybridized carbons (Fsp3) is 0.286. The van der Waals surface area contributed by atoms with E-state index < -0.39 is 28.4 Å². The molecule has 1 atom stereocenters. The van der Waals surface area contributed by atoms with E-state index in [1.807, 2.05) is 5.32 Å². The summed E-state index contributed by atoms with van der Waals surface area (Å²) >= 11 is 0. The maximum Gasteiger partial charge on any atom is 0.415 e. The maximum atomic E-state index is 12.3. The molecule has 80 valence electrons. The second-order valence-electron chi connectivity index (χ2n) is 2.65. The zero-order chi connectivity index (χ0) is 11.6. The molecule has 1 N–H and O–H groups in total. The highest BCUT2D eigenvalue weighted by Gasteiger charge is 2.41. The first-order chi connectivity index (χ1) is 6.86. The summed E-state index contributed by atoms with van der Waals surface area (Å²) in [5.41, 5.74) is -1.99. The Labute approximate surface area is 81.6 Å². The summed E-state index contributed by atoms with van der Waals surface area (Å²) in [5.74, 6) is 0. The number of nitriles is 1. The van der Waals surface area contributed by atoms with Gasteiger partial charge in [-0.15, -0.1) is 0 Å². The minimum absolute atomic E-state index is 0.352. The fourth-order valence-corrected chi connectivity index (χ4v) is 1.00. The van der Waals surface area contributed by atoms with Gasteiger partial charge in [-0.05, 0) is 0 Å². The SMILES string of the molecule is N#CC1NC=C([N+](=O)[O-])C=C1C(F)(F)F. The molecule has 1 aliphatic rings. The molecule has 0 saturated heterocycles. The van der Waals surface area contributed by atoms with Crippen molar-refractivity contribution in [2.24, 2.45) is 0 Å². The second-order valence-corrected chi connectivity index (χ2v) is 2.65. The van der Waals surface area contributed by atoms with E-state index in [4.69, 9.17) is 5.26 Å². The third-order valence-electron chi connectivity index (χ3n) is 1.68. The Morgan fingerprint density at radius 1 is 1.60 bits per heavy atom. The van der Waals surface area contributed by atoms with E-state index in [9.17, 15) is 23.3 Å². The molecule has 0 aromatic rings. The summed E-state index contributed by atoms with van der Waals surface area (Å²) in [6.45, 7) is 0. The molecule has 1 rings (SSSR count). The highest BCUT2D eigenvalue weighted by molar-refractivity contribution is 5.34. The van der Waals surface area contributed by atoms with Crippen LogP contribution >= 0.6 is 0 Å². The maximum absolute atomic E-state index is 12.3. The van der Waals surface area contributed by atoms with Gasteiger partial charge in [0.1, 0.15) is 6.04 Å². The predicted molar refractivity (Wildman–Crippen MR) is 41.8 cm³/mol. The van der Waals surface area contributed by atoms with Crippen molar-refractivity contribution in [1.82, 2.24) is 5.32 Å². The van der Waals surface area contributed by atoms with E-state index in [0.29, 0.717) is 6.08 Å². The van der Waals surface area contributed by atoms with Crippen LogP contribution in [0, 0.1) is 21.4 Å². The molecule has 0 amide bonds. The zero-order valence-electron chi connectivity index (χ0n) is 7.08. The van der Waals surface area contributed by atoms with Gasteiger partial charge in [-0.25, -0.2) is 0 Å². The summed E-state index contributed by atoms with van der Waals surface area (Å²) in [6.07, 6.45) is -3.64. The van der Waals surface area contributed by atoms with Gasteiger partial charge in [0.25, 0.3) is 5.70 Å². The monoisotopic (exact) mass is 219 g/mol. The third kappa shape index (κ3) is 2.25. The summed E-state index contributed by atoms with van der Waals surface area (Å²) in [6, 6.07) is -0.250. The number of nitro groups is 1. The van der Waals surface area contributed by atoms with Crippen molar-refractivity contribution < 1.29 is 18.1 Å². The van der Waals surface area contributed by atoms with Crippen LogP contribution in [0.25, 0.3) is 0 Å². The van der Waals surface area contributed by atoms with E-state index in [-0.39, 0.29) is 0 Å². The smallest absolute Gasteiger partial charge is 0.367 e. The molecule has 1 aliphatic heterocycles. The van der Waals surface area contributed by atoms with Gasteiger partial charge in [0.05, 0.1) is 22.8 Å². The Morgan fingerprint density at radius 2 is 2.20 bits per heavy atom. The topological polar surface area (TPSA) is 79.0 Å². The molecule has 1 unspecified atom stereocenters. The van der Waals surface area contributed by atoms with Crippen molar-refractivity contribution in [1.29, 1.82) is 5.26 Å². The summed E-state index contributed by atoms with van der Waals surface area (Å²) in [7, 11) is 0. The summed E-state index contributed by atoms with van der Waals surface area (Å²) in [5, 5.41) is 20.6. The lowest BCUT2D eigenvalue weighted by atomic mass is 10.0. The van der Waals surface area contributed by atoms with E-state index in [1.165, 1.54) is 6.07 Å². The Hall–Kier alpha value is -2.04. The van der Waals surface area contributed by atoms with Gasteiger partial charge in [0, 0.05) is 6.08 Å². The predicted octanol–water partition coefficient (Wildman–Crippen LogP) is 1.09. The molecular weight excluding hydrogens is 215 g/mol. The van der Waals surface area contributed by atoms with Crippen LogP contribution in [0.15, 0.2) is 23.5 Å². The number of hydrogen-bond donors (Lipinski definition) is 1. The number of nitrogens with zero attached hydrogens (tertiary/aromatic N) is 2. The molecular formula is C7H4F3N3O2. The number of hydrogen-bond acceptors (Lipinski definition) is 4. The molecule has 8 heteroatoms. The normalized spacial score (nSPS) is 20.8. The first-order valence-corrected chi connectivity index (χ1v) is 3.65. The molecule has 1 heterocycles. The van der Waals surface area contributed by atoms with Crippen molar-refractivity contribution in [2.45, 2.75) is 12.2 Å². The van der Waals surface area contributed by atoms with Crippen LogP contribution in [0.5, 0.6) is 0 Å². The number of allylic oxidation sites excluding steroid dienone is 1. The van der Waals surface area contributed by atoms with Crippen molar-refractivity contribution in [3.63, 3.8) is 0 Å². The van der Waals surface area contributed by atoms with Gasteiger partial charge in [0.2, 0.25) is 0 Å². The number of rotatable bonds is 1. The number of alkyl halides is 3. The minimum Gasteiger partial charge on any atom is -0.367 e. The van der Waals surface area contributed by atoms with E-state index in [1.54, 1.807) is 0 Å². The van der Waals surface area contributed by atoms with Gasteiger partial charge in [-0.1, -0.05) is 0 Å². The van der Waals surface area contributed by atoms with Crippen molar-refractivity contribution in [3.8, 4) is 6.07 Å². The van der Waals surface area contributed by atoms with Gasteiger partial charge in [0.15, 0.2) is 0 Å². The van der Waals surface area contributed by atoms with Crippen molar-refractivity contribution in [3.05, 3.63) is 33.7 Å². The minimum atomic E-state index is -4.76. The van der Waals surface area contributed by atoms with Crippen LogP contribution in [-0.2, 0) is 0 Å². The average Bonchev–Trinajstić information content (AvgIpc) is 2.15. The Bertz CT molecular complexity index is 391. The van der Waals surface area contributed by atoms with Gasteiger partial charge in [-0.3, -0.25) is 10.1 Å². The van der Waals surface area contributed by atoms with E-state index >= 15 is 0 Å². The molecule has 0 aliphatic carbocycles. The largest absolute Gasteiger partial charge is 0.415 e. The Balaban J connectivity index is 3.12. The van der Waals surface area contributed by atoms with Crippen LogP contribution in [0.4, 0.5) is 13.2 Å². The second kappa shape index (κ2) is 3.61. The van der Waals surface area contributed by atoms with Crippen molar-refractivity contribution >= 4 is 0 Å². The zero-order valence-corrected chi connectivity index (χ0v) is 7.08. The Kier molecular flexibility index (Phi) is 2.65. The molecule has 0 spiro atoms. The number of halogens is 3. The molecule has 0 bridgehead atoms. The third-order valence-corrected chi connectivity index (χ3v) is 1.68. The number of nitrogens with one attached hydrogen (secondary N) is 1. The average molecular weight is 219 g/mol. The summed E-state index contributed by atoms with van der Waals surface area (Å²) in [4.78, 5) is 9.26. The van der Waals surface area contributed by atoms with Gasteiger partial charge < -0.3 is 5.32 Å². The van der Waals surface area contributed by atoms with E-state index in [0.717, 1.165) is 6.20 Å². The lowest BCUT2D eigenvalue weighted by Crippen LogP contribution is -2.35. The first-order valence-electron chi connectivity index (χ1n) is 3.65. The molecule has 0 radical (unpaired) electrons. The Morgan fingerprint density at radius 3 is 2.60 bits per heavy atom. The molecule has 15 heavy (non-hydrogen) atoms. The summed E-state index contributed by atoms with van der Waals surface area (Å²) < 4.78 is 36.9. The van der Waals surface area contributed by atoms with Crippen LogP contribution in [0.1, 0.15) is 0 Å². The van der Waals surface area contributed by atoms with Crippen LogP contribution in [-0.4, -0.2) is 17.1 Å². The van der Waals surface area contributed by atoms with Crippen LogP contribution in [0.3, 0.4) is 0 Å². The lowest BCUT2D eigenvalue weighted by Gasteiger charge is -2.19. The standard InChI is InChI=1S/C7H4F3N3O2/c8-7(9,10)5-1-4(13(14)15)3-12-6(5)2-11/h1,3,6,12H. The van der Waals surface area contributed by atoms with Crippen LogP contribution in [0.2, 0.25) is 0 Å². The molecule has 0 fully saturated rings. The molecule has 0 aromatic heterocycles. The first kappa shape index (κ1) is 11.0. The highest BCUT2D eigenvalue weighted by atomic mass is 19.4. The quantitative estimate of drug-likeness (QED) is 0.528. The van der Waals surface area contributed by atoms with Crippen molar-refractivity contribution in [2.75, 3.05) is 0 Å². The molecule has 5 nitrogen and oxygen atoms in total. The molecule has 0 saturated carbocycles. The van der Waals surface area contributed by atoms with Crippen LogP contribution < -0.4 is 5.32 Å². The highest BCUT2D eigenvalue weighted by Crippen LogP contribution is 2.30.